The number of aliphatic hydroxyl groups excluding tert-OH is 1. The first-order chi connectivity index (χ1) is 33.0. The highest BCUT2D eigenvalue weighted by atomic mass is 16.3. The first-order valence-electron chi connectivity index (χ1n) is 22.5. The van der Waals surface area contributed by atoms with Gasteiger partial charge in [-0.25, -0.2) is 0 Å². The number of amides is 6. The van der Waals surface area contributed by atoms with Crippen molar-refractivity contribution in [3.8, 4) is 0 Å². The molecule has 0 spiro atoms. The lowest BCUT2D eigenvalue weighted by Crippen LogP contribution is -2.59. The van der Waals surface area contributed by atoms with E-state index in [9.17, 15) is 43.5 Å². The molecular formula is C39H76N22O9. The van der Waals surface area contributed by atoms with E-state index in [-0.39, 0.29) is 133 Å². The Bertz CT molecular complexity index is 1860. The maximum absolute atomic E-state index is 14.3. The number of nitrogens with two attached hydrogens (primary N) is 10. The summed E-state index contributed by atoms with van der Waals surface area (Å²) in [5.41, 5.74) is 54.6. The molecule has 31 heteroatoms. The number of carbonyl (C=O) groups is 8. The maximum Gasteiger partial charge on any atom is 0.243 e. The second-order valence-corrected chi connectivity index (χ2v) is 15.5. The second-order valence-electron chi connectivity index (χ2n) is 15.5. The number of rotatable bonds is 37. The van der Waals surface area contributed by atoms with Gasteiger partial charge in [-0.1, -0.05) is 6.92 Å². The SMILES string of the molecule is CCN[C@@H](CO)C(=O)C(=O)[C@H](CCCN=C(N)N)NC(=O)[C@H](CCCN=C(N)N)NC(=O)C(CCCN=C(N)N)NC(=O)[C@H](CCCN=C(N)N)NC(=O)C(CCCN=C(N)N)NC(=O)CNC(C)=O. The zero-order valence-electron chi connectivity index (χ0n) is 39.9. The lowest BCUT2D eigenvalue weighted by molar-refractivity contribution is -0.141. The summed E-state index contributed by atoms with van der Waals surface area (Å²) in [7, 11) is 0. The van der Waals surface area contributed by atoms with Crippen LogP contribution in [0.1, 0.15) is 78.1 Å². The highest BCUT2D eigenvalue weighted by Gasteiger charge is 2.35. The summed E-state index contributed by atoms with van der Waals surface area (Å²) in [5, 5.41) is 27.7. The monoisotopic (exact) mass is 997 g/mol. The Morgan fingerprint density at radius 1 is 0.429 bits per heavy atom. The Morgan fingerprint density at radius 3 is 0.971 bits per heavy atom. The van der Waals surface area contributed by atoms with Gasteiger partial charge in [0.25, 0.3) is 0 Å². The smallest absolute Gasteiger partial charge is 0.243 e. The van der Waals surface area contributed by atoms with Gasteiger partial charge in [0.1, 0.15) is 24.2 Å². The lowest BCUT2D eigenvalue weighted by Gasteiger charge is -2.27. The number of aliphatic hydroxyl groups is 1. The fourth-order valence-electron chi connectivity index (χ4n) is 6.23. The lowest BCUT2D eigenvalue weighted by atomic mass is 9.98. The van der Waals surface area contributed by atoms with Crippen molar-refractivity contribution >= 4 is 76.8 Å². The zero-order valence-corrected chi connectivity index (χ0v) is 39.9. The number of aliphatic imine (C=N–C) groups is 5. The standard InChI is InChI=1S/C39H76N22O9/c1-3-50-27(20-62)30(66)29(65)22(9-4-14-51-35(40)41)58-32(68)24(11-6-16-53-37(44)45)60-34(70)26(13-8-18-55-39(48)49)61-33(69)25(12-7-17-54-38(46)47)59-31(67)23(10-5-15-52-36(42)43)57-28(64)19-56-21(2)63/h22-27,50,62H,3-20H2,1-2H3,(H,56,63)(H,57,64)(H,58,68)(H,59,67)(H,60,70)(H,61,69)(H4,40,41,51)(H4,42,43,52)(H4,44,45,53)(H4,46,47,54)(H4,48,49,55)/t22-,23?,24-,25-,26?,27-/m0/s1. The molecule has 0 bridgehead atoms. The maximum atomic E-state index is 14.3. The first-order valence-corrected chi connectivity index (χ1v) is 22.5. The zero-order chi connectivity index (χ0) is 53.2. The number of likely N-dealkylation sites (N-methyl/N-ethyl adjacent to an activating group) is 1. The summed E-state index contributed by atoms with van der Waals surface area (Å²) in [6.45, 7) is 2.03. The largest absolute Gasteiger partial charge is 0.394 e. The highest BCUT2D eigenvalue weighted by Crippen LogP contribution is 2.10. The van der Waals surface area contributed by atoms with E-state index in [1.165, 1.54) is 6.92 Å². The van der Waals surface area contributed by atoms with Crippen LogP contribution in [0.3, 0.4) is 0 Å². The van der Waals surface area contributed by atoms with Crippen LogP contribution in [-0.4, -0.2) is 171 Å². The predicted molar refractivity (Wildman–Crippen MR) is 262 cm³/mol. The van der Waals surface area contributed by atoms with Crippen molar-refractivity contribution in [1.82, 2.24) is 37.2 Å². The Kier molecular flexibility index (Phi) is 31.7. The summed E-state index contributed by atoms with van der Waals surface area (Å²) in [5.74, 6) is -8.02. The summed E-state index contributed by atoms with van der Waals surface area (Å²) in [6, 6.07) is -8.29. The Labute approximate surface area is 405 Å². The van der Waals surface area contributed by atoms with Crippen LogP contribution < -0.4 is 94.6 Å². The van der Waals surface area contributed by atoms with Crippen LogP contribution in [-0.2, 0) is 38.4 Å². The fraction of sp³-hybridized carbons (Fsp3) is 0.667. The molecule has 0 aliphatic carbocycles. The average Bonchev–Trinajstić information content (AvgIpc) is 3.28. The number of ketones is 2. The van der Waals surface area contributed by atoms with Crippen molar-refractivity contribution in [3.05, 3.63) is 0 Å². The number of guanidine groups is 5. The molecule has 70 heavy (non-hydrogen) atoms. The number of hydrogen-bond acceptors (Lipinski definition) is 15. The molecule has 6 amide bonds. The molecule has 28 N–H and O–H groups in total. The molecule has 0 aromatic rings. The van der Waals surface area contributed by atoms with Gasteiger partial charge in [0.2, 0.25) is 47.0 Å². The molecule has 0 saturated carbocycles. The number of nitrogens with zero attached hydrogens (tertiary/aromatic N) is 5. The summed E-state index contributed by atoms with van der Waals surface area (Å²) in [4.78, 5) is 127. The first kappa shape index (κ1) is 62.4. The number of nitrogens with one attached hydrogen (secondary N) is 7. The van der Waals surface area contributed by atoms with E-state index in [1.54, 1.807) is 6.92 Å². The van der Waals surface area contributed by atoms with Crippen molar-refractivity contribution in [2.24, 2.45) is 82.3 Å². The molecule has 0 saturated heterocycles. The average molecular weight is 997 g/mol. The predicted octanol–water partition coefficient (Wildman–Crippen LogP) is -9.08. The van der Waals surface area contributed by atoms with Crippen LogP contribution >= 0.6 is 0 Å². The minimum absolute atomic E-state index is 0.00218. The van der Waals surface area contributed by atoms with E-state index >= 15 is 0 Å². The van der Waals surface area contributed by atoms with Crippen LogP contribution in [0.25, 0.3) is 0 Å². The molecule has 0 radical (unpaired) electrons. The summed E-state index contributed by atoms with van der Waals surface area (Å²) < 4.78 is 0. The van der Waals surface area contributed by atoms with Crippen LogP contribution in [0.2, 0.25) is 0 Å². The Hall–Kier alpha value is -7.57. The molecule has 0 rings (SSSR count). The van der Waals surface area contributed by atoms with Crippen molar-refractivity contribution in [2.45, 2.75) is 114 Å². The molecule has 0 aromatic heterocycles. The molecular weight excluding hydrogens is 921 g/mol. The van der Waals surface area contributed by atoms with Gasteiger partial charge in [0.05, 0.1) is 25.2 Å². The Balaban J connectivity index is 7.07. The number of hydrogen-bond donors (Lipinski definition) is 18. The van der Waals surface area contributed by atoms with Crippen molar-refractivity contribution in [2.75, 3.05) is 52.4 Å². The third-order valence-electron chi connectivity index (χ3n) is 9.60. The molecule has 6 atom stereocenters. The number of Topliss-reactive ketones (excluding diaryl/α,β-unsaturated/α-hetero) is 2. The molecule has 396 valence electrons. The highest BCUT2D eigenvalue weighted by molar-refractivity contribution is 6.41. The third kappa shape index (κ3) is 29.2. The second kappa shape index (κ2) is 35.6. The van der Waals surface area contributed by atoms with E-state index in [1.807, 2.05) is 0 Å². The van der Waals surface area contributed by atoms with E-state index in [2.05, 4.69) is 62.2 Å². The number of carbonyl (C=O) groups excluding carboxylic acids is 8. The topological polar surface area (TPSA) is 563 Å². The van der Waals surface area contributed by atoms with Gasteiger partial charge in [-0.15, -0.1) is 0 Å². The molecule has 0 aliphatic rings. The van der Waals surface area contributed by atoms with Crippen LogP contribution in [0.4, 0.5) is 0 Å². The van der Waals surface area contributed by atoms with Gasteiger partial charge in [-0.3, -0.25) is 63.3 Å². The van der Waals surface area contributed by atoms with Gasteiger partial charge >= 0.3 is 0 Å². The van der Waals surface area contributed by atoms with Gasteiger partial charge in [0, 0.05) is 39.6 Å². The van der Waals surface area contributed by atoms with Crippen molar-refractivity contribution in [3.63, 3.8) is 0 Å². The quantitative estimate of drug-likeness (QED) is 0.0119. The minimum Gasteiger partial charge on any atom is -0.394 e. The minimum atomic E-state index is -1.47. The van der Waals surface area contributed by atoms with Gasteiger partial charge < -0.3 is 99.7 Å². The molecule has 0 heterocycles. The normalized spacial score (nSPS) is 13.1. The molecule has 0 aromatic carbocycles. The molecule has 31 nitrogen and oxygen atoms in total. The Morgan fingerprint density at radius 2 is 0.700 bits per heavy atom. The van der Waals surface area contributed by atoms with Crippen LogP contribution in [0, 0.1) is 0 Å². The third-order valence-corrected chi connectivity index (χ3v) is 9.60. The van der Waals surface area contributed by atoms with Gasteiger partial charge in [-0.05, 0) is 70.8 Å². The van der Waals surface area contributed by atoms with E-state index in [4.69, 9.17) is 57.3 Å². The molecule has 0 fully saturated rings. The summed E-state index contributed by atoms with van der Waals surface area (Å²) >= 11 is 0. The summed E-state index contributed by atoms with van der Waals surface area (Å²) in [6.07, 6.45) is 0.111. The van der Waals surface area contributed by atoms with Crippen molar-refractivity contribution < 1.29 is 43.5 Å². The van der Waals surface area contributed by atoms with Gasteiger partial charge in [0.15, 0.2) is 29.8 Å². The van der Waals surface area contributed by atoms with E-state index < -0.39 is 96.4 Å². The van der Waals surface area contributed by atoms with Crippen LogP contribution in [0.5, 0.6) is 0 Å². The molecule has 0 aliphatic heterocycles. The van der Waals surface area contributed by atoms with E-state index in [0.29, 0.717) is 0 Å². The van der Waals surface area contributed by atoms with Crippen molar-refractivity contribution in [1.29, 1.82) is 0 Å². The van der Waals surface area contributed by atoms with E-state index in [0.717, 1.165) is 0 Å². The van der Waals surface area contributed by atoms with Gasteiger partial charge in [-0.2, -0.15) is 0 Å². The van der Waals surface area contributed by atoms with Crippen LogP contribution in [0.15, 0.2) is 25.0 Å². The molecule has 2 unspecified atom stereocenters. The fourth-order valence-corrected chi connectivity index (χ4v) is 6.23.